The van der Waals surface area contributed by atoms with Gasteiger partial charge in [-0.05, 0) is 30.7 Å². The molecule has 0 unspecified atom stereocenters. The number of carbonyl (C=O) groups is 1. The number of thioether (sulfide) groups is 1. The molecule has 0 atom stereocenters. The predicted octanol–water partition coefficient (Wildman–Crippen LogP) is 3.09. The maximum Gasteiger partial charge on any atom is 0.281 e. The number of hydrazine groups is 1. The van der Waals surface area contributed by atoms with E-state index in [1.165, 1.54) is 12.1 Å². The van der Waals surface area contributed by atoms with E-state index in [1.807, 2.05) is 37.3 Å². The van der Waals surface area contributed by atoms with Gasteiger partial charge in [-0.25, -0.2) is 13.4 Å². The number of benzene rings is 2. The minimum absolute atomic E-state index is 0.0687. The Morgan fingerprint density at radius 1 is 1.08 bits per heavy atom. The number of rotatable bonds is 4. The molecule has 128 valence electrons. The largest absolute Gasteiger partial charge is 0.281 e. The predicted molar refractivity (Wildman–Crippen MR) is 103 cm³/mol. The summed E-state index contributed by atoms with van der Waals surface area (Å²) < 4.78 is 25.1. The topological polar surface area (TPSA) is 66.5 Å². The summed E-state index contributed by atoms with van der Waals surface area (Å²) in [4.78, 5) is 15.2. The van der Waals surface area contributed by atoms with Crippen LogP contribution in [0.4, 0.5) is 0 Å². The standard InChI is InChI=1S/C17H14N2O3S3/c1-12-7-9-14(10-8-12)25(21,22)18-19-16(20)15(24-17(19)23)11-13-5-3-2-4-6-13/h2-11,18H,1H3/b15-11-. The lowest BCUT2D eigenvalue weighted by molar-refractivity contribution is -0.123. The van der Waals surface area contributed by atoms with Crippen LogP contribution in [0.15, 0.2) is 64.4 Å². The van der Waals surface area contributed by atoms with E-state index in [4.69, 9.17) is 12.2 Å². The van der Waals surface area contributed by atoms with Gasteiger partial charge in [-0.1, -0.05) is 72.0 Å². The van der Waals surface area contributed by atoms with E-state index < -0.39 is 15.9 Å². The molecule has 0 aromatic heterocycles. The first-order chi connectivity index (χ1) is 11.9. The molecule has 0 radical (unpaired) electrons. The Morgan fingerprint density at radius 3 is 2.36 bits per heavy atom. The molecule has 0 bridgehead atoms. The van der Waals surface area contributed by atoms with Crippen molar-refractivity contribution in [3.63, 3.8) is 0 Å². The first kappa shape index (κ1) is 17.8. The second-order valence-electron chi connectivity index (χ2n) is 5.34. The van der Waals surface area contributed by atoms with Crippen LogP contribution >= 0.6 is 24.0 Å². The fraction of sp³-hybridized carbons (Fsp3) is 0.0588. The second kappa shape index (κ2) is 7.09. The van der Waals surface area contributed by atoms with Gasteiger partial charge in [0.2, 0.25) is 0 Å². The second-order valence-corrected chi connectivity index (χ2v) is 8.67. The van der Waals surface area contributed by atoms with Crippen molar-refractivity contribution < 1.29 is 13.2 Å². The molecule has 2 aromatic rings. The summed E-state index contributed by atoms with van der Waals surface area (Å²) in [6.45, 7) is 1.86. The third kappa shape index (κ3) is 3.98. The van der Waals surface area contributed by atoms with Crippen molar-refractivity contribution in [1.29, 1.82) is 0 Å². The molecule has 5 nitrogen and oxygen atoms in total. The number of aryl methyl sites for hydroxylation is 1. The van der Waals surface area contributed by atoms with Crippen molar-refractivity contribution in [1.82, 2.24) is 9.84 Å². The zero-order valence-electron chi connectivity index (χ0n) is 13.2. The SMILES string of the molecule is Cc1ccc(S(=O)(=O)NN2C(=O)/C(=C/c3ccccc3)SC2=S)cc1. The third-order valence-electron chi connectivity index (χ3n) is 3.43. The van der Waals surface area contributed by atoms with Gasteiger partial charge < -0.3 is 0 Å². The zero-order chi connectivity index (χ0) is 18.0. The minimum Gasteiger partial charge on any atom is -0.267 e. The van der Waals surface area contributed by atoms with E-state index in [9.17, 15) is 13.2 Å². The lowest BCUT2D eigenvalue weighted by Gasteiger charge is -2.16. The molecule has 0 saturated carbocycles. The lowest BCUT2D eigenvalue weighted by atomic mass is 10.2. The van der Waals surface area contributed by atoms with E-state index in [-0.39, 0.29) is 9.22 Å². The van der Waals surface area contributed by atoms with Crippen LogP contribution in [0, 0.1) is 6.92 Å². The van der Waals surface area contributed by atoms with Gasteiger partial charge in [0, 0.05) is 0 Å². The van der Waals surface area contributed by atoms with Gasteiger partial charge in [0.25, 0.3) is 15.9 Å². The van der Waals surface area contributed by atoms with Gasteiger partial charge in [-0.15, -0.1) is 4.83 Å². The first-order valence-electron chi connectivity index (χ1n) is 7.29. The molecule has 2 aromatic carbocycles. The highest BCUT2D eigenvalue weighted by atomic mass is 32.2. The fourth-order valence-electron chi connectivity index (χ4n) is 2.14. The summed E-state index contributed by atoms with van der Waals surface area (Å²) in [5.41, 5.74) is 1.78. The quantitative estimate of drug-likeness (QED) is 0.642. The number of sulfonamides is 1. The lowest BCUT2D eigenvalue weighted by Crippen LogP contribution is -2.44. The molecular weight excluding hydrogens is 376 g/mol. The number of hydrogen-bond donors (Lipinski definition) is 1. The number of hydrogen-bond acceptors (Lipinski definition) is 5. The summed E-state index contributed by atoms with van der Waals surface area (Å²) in [6, 6.07) is 15.6. The van der Waals surface area contributed by atoms with Crippen LogP contribution in [0.5, 0.6) is 0 Å². The van der Waals surface area contributed by atoms with Crippen LogP contribution in [0.3, 0.4) is 0 Å². The maximum atomic E-state index is 12.5. The molecular formula is C17H14N2O3S3. The third-order valence-corrected chi connectivity index (χ3v) is 6.05. The summed E-state index contributed by atoms with van der Waals surface area (Å²) >= 11 is 6.21. The molecule has 1 fully saturated rings. The van der Waals surface area contributed by atoms with Crippen LogP contribution in [0.25, 0.3) is 6.08 Å². The molecule has 0 aliphatic carbocycles. The van der Waals surface area contributed by atoms with E-state index in [0.717, 1.165) is 27.9 Å². The molecule has 0 spiro atoms. The maximum absolute atomic E-state index is 12.5. The Morgan fingerprint density at radius 2 is 1.72 bits per heavy atom. The molecule has 1 heterocycles. The van der Waals surface area contributed by atoms with Gasteiger partial charge >= 0.3 is 0 Å². The molecule has 3 rings (SSSR count). The first-order valence-corrected chi connectivity index (χ1v) is 10.00. The van der Waals surface area contributed by atoms with E-state index >= 15 is 0 Å². The van der Waals surface area contributed by atoms with Crippen molar-refractivity contribution >= 4 is 50.3 Å². The molecule has 8 heteroatoms. The Labute approximate surface area is 155 Å². The summed E-state index contributed by atoms with van der Waals surface area (Å²) in [5.74, 6) is -0.491. The highest BCUT2D eigenvalue weighted by Gasteiger charge is 2.35. The van der Waals surface area contributed by atoms with Crippen LogP contribution in [0.2, 0.25) is 0 Å². The van der Waals surface area contributed by atoms with Gasteiger partial charge in [0.15, 0.2) is 4.32 Å². The minimum atomic E-state index is -3.90. The molecule has 25 heavy (non-hydrogen) atoms. The molecule has 1 saturated heterocycles. The monoisotopic (exact) mass is 390 g/mol. The van der Waals surface area contributed by atoms with Crippen molar-refractivity contribution in [2.75, 3.05) is 0 Å². The van der Waals surface area contributed by atoms with Crippen LogP contribution < -0.4 is 4.83 Å². The van der Waals surface area contributed by atoms with Gasteiger partial charge in [0.05, 0.1) is 9.80 Å². The van der Waals surface area contributed by atoms with E-state index in [0.29, 0.717) is 4.91 Å². The summed E-state index contributed by atoms with van der Waals surface area (Å²) in [6.07, 6.45) is 1.68. The van der Waals surface area contributed by atoms with Crippen molar-refractivity contribution in [2.45, 2.75) is 11.8 Å². The smallest absolute Gasteiger partial charge is 0.267 e. The van der Waals surface area contributed by atoms with Crippen LogP contribution in [-0.4, -0.2) is 23.7 Å². The zero-order valence-corrected chi connectivity index (χ0v) is 15.6. The summed E-state index contributed by atoms with van der Waals surface area (Å²) in [5, 5.41) is 0.893. The van der Waals surface area contributed by atoms with E-state index in [2.05, 4.69) is 4.83 Å². The number of nitrogens with zero attached hydrogens (tertiary/aromatic N) is 1. The molecule has 1 amide bonds. The highest BCUT2D eigenvalue weighted by molar-refractivity contribution is 8.26. The van der Waals surface area contributed by atoms with Gasteiger partial charge in [0.1, 0.15) is 0 Å². The number of carbonyl (C=O) groups excluding carboxylic acids is 1. The Hall–Kier alpha value is -2.00. The van der Waals surface area contributed by atoms with Gasteiger partial charge in [-0.2, -0.15) is 0 Å². The normalized spacial score (nSPS) is 16.7. The van der Waals surface area contributed by atoms with Crippen LogP contribution in [-0.2, 0) is 14.8 Å². The average molecular weight is 391 g/mol. The Balaban J connectivity index is 1.83. The molecule has 1 aliphatic rings. The molecule has 1 aliphatic heterocycles. The van der Waals surface area contributed by atoms with Crippen molar-refractivity contribution in [2.24, 2.45) is 0 Å². The fourth-order valence-corrected chi connectivity index (χ4v) is 4.45. The van der Waals surface area contributed by atoms with E-state index in [1.54, 1.807) is 18.2 Å². The number of nitrogens with one attached hydrogen (secondary N) is 1. The highest BCUT2D eigenvalue weighted by Crippen LogP contribution is 2.31. The summed E-state index contributed by atoms with van der Waals surface area (Å²) in [7, 11) is -3.90. The average Bonchev–Trinajstić information content (AvgIpc) is 2.83. The van der Waals surface area contributed by atoms with Crippen molar-refractivity contribution in [3.05, 3.63) is 70.6 Å². The van der Waals surface area contributed by atoms with Gasteiger partial charge in [-0.3, -0.25) is 4.79 Å². The van der Waals surface area contributed by atoms with Crippen molar-refractivity contribution in [3.8, 4) is 0 Å². The number of thiocarbonyl (C=S) groups is 1. The Kier molecular flexibility index (Phi) is 5.05. The molecule has 1 N–H and O–H groups in total. The Bertz CT molecular complexity index is 952. The number of amides is 1. The van der Waals surface area contributed by atoms with Crippen LogP contribution in [0.1, 0.15) is 11.1 Å².